The summed E-state index contributed by atoms with van der Waals surface area (Å²) in [6.45, 7) is 1.84. The largest absolute Gasteiger partial charge is 0.375 e. The van der Waals surface area contributed by atoms with E-state index in [4.69, 9.17) is 0 Å². The molecule has 3 aliphatic rings. The lowest BCUT2D eigenvalue weighted by atomic mass is 9.81. The van der Waals surface area contributed by atoms with Gasteiger partial charge >= 0.3 is 0 Å². The molecular formula is C25H24N2O5. The van der Waals surface area contributed by atoms with E-state index in [9.17, 15) is 24.3 Å². The van der Waals surface area contributed by atoms with Crippen molar-refractivity contribution in [1.29, 1.82) is 0 Å². The van der Waals surface area contributed by atoms with Gasteiger partial charge in [0.2, 0.25) is 11.8 Å². The summed E-state index contributed by atoms with van der Waals surface area (Å²) >= 11 is 0. The number of rotatable bonds is 4. The van der Waals surface area contributed by atoms with Crippen molar-refractivity contribution < 1.29 is 24.3 Å². The highest BCUT2D eigenvalue weighted by Gasteiger charge is 2.49. The normalized spacial score (nSPS) is 26.7. The fourth-order valence-corrected chi connectivity index (χ4v) is 5.20. The van der Waals surface area contributed by atoms with Gasteiger partial charge in [0.05, 0.1) is 23.9 Å². The Labute approximate surface area is 185 Å². The third kappa shape index (κ3) is 3.07. The lowest BCUT2D eigenvalue weighted by Gasteiger charge is -2.21. The highest BCUT2D eigenvalue weighted by atomic mass is 16.3. The van der Waals surface area contributed by atoms with Crippen LogP contribution in [0.4, 0.5) is 11.4 Å². The Bertz CT molecular complexity index is 1150. The van der Waals surface area contributed by atoms with Crippen LogP contribution in [0.25, 0.3) is 0 Å². The van der Waals surface area contributed by atoms with Gasteiger partial charge in [-0.3, -0.25) is 24.1 Å². The highest BCUT2D eigenvalue weighted by Crippen LogP contribution is 2.41. The van der Waals surface area contributed by atoms with Crippen LogP contribution < -0.4 is 10.2 Å². The zero-order chi connectivity index (χ0) is 22.6. The lowest BCUT2D eigenvalue weighted by Crippen LogP contribution is -2.36. The van der Waals surface area contributed by atoms with Crippen LogP contribution in [-0.2, 0) is 20.0 Å². The predicted octanol–water partition coefficient (Wildman–Crippen LogP) is 3.09. The highest BCUT2D eigenvalue weighted by molar-refractivity contribution is 6.22. The molecule has 0 aromatic heterocycles. The predicted molar refractivity (Wildman–Crippen MR) is 117 cm³/mol. The molecule has 2 aromatic rings. The first kappa shape index (κ1) is 20.6. The molecule has 7 nitrogen and oxygen atoms in total. The molecule has 2 aromatic carbocycles. The van der Waals surface area contributed by atoms with E-state index in [1.807, 2.05) is 13.0 Å². The molecule has 3 atom stereocenters. The number of carbonyl (C=O) groups excluding carboxylic acids is 4. The summed E-state index contributed by atoms with van der Waals surface area (Å²) in [5.74, 6) is -2.06. The number of benzene rings is 2. The first-order valence-electron chi connectivity index (χ1n) is 11.0. The molecule has 2 fully saturated rings. The van der Waals surface area contributed by atoms with Crippen molar-refractivity contribution in [1.82, 2.24) is 0 Å². The second kappa shape index (κ2) is 7.38. The van der Waals surface area contributed by atoms with Crippen LogP contribution in [0.1, 0.15) is 53.6 Å². The molecule has 1 saturated heterocycles. The van der Waals surface area contributed by atoms with Gasteiger partial charge in [0.1, 0.15) is 0 Å². The molecule has 7 heteroatoms. The number of aliphatic hydroxyl groups is 1. The molecule has 0 bridgehead atoms. The van der Waals surface area contributed by atoms with Crippen molar-refractivity contribution >= 4 is 34.9 Å². The molecular weight excluding hydrogens is 408 g/mol. The van der Waals surface area contributed by atoms with Crippen molar-refractivity contribution in [2.45, 2.75) is 44.6 Å². The molecule has 3 amide bonds. The standard InChI is InChI=1S/C25H24N2O5/c1-14-9-10-20-19(11-14)25(32,24(31)26-20)13-21(28)15-5-4-6-16(12-15)27-22(29)17-7-2-3-8-18(17)23(27)30/h4-6,9-12,17-18,32H,2-3,7-8,13H2,1H3,(H,26,31)/t17-,18-,25-/m1/s1. The fourth-order valence-electron chi connectivity index (χ4n) is 5.20. The van der Waals surface area contributed by atoms with Gasteiger partial charge in [0.15, 0.2) is 11.4 Å². The number of ketones is 1. The number of hydrogen-bond donors (Lipinski definition) is 2. The van der Waals surface area contributed by atoms with Crippen LogP contribution in [0.5, 0.6) is 0 Å². The molecule has 0 unspecified atom stereocenters. The summed E-state index contributed by atoms with van der Waals surface area (Å²) in [5, 5.41) is 13.8. The SMILES string of the molecule is Cc1ccc2c(c1)[C@](O)(CC(=O)c1cccc(N3C(=O)[C@@H]4CCCC[C@H]4C3=O)c1)C(=O)N2. The van der Waals surface area contributed by atoms with E-state index in [0.717, 1.165) is 18.4 Å². The molecule has 32 heavy (non-hydrogen) atoms. The van der Waals surface area contributed by atoms with Crippen molar-refractivity contribution in [2.24, 2.45) is 11.8 Å². The number of imide groups is 1. The summed E-state index contributed by atoms with van der Waals surface area (Å²) in [7, 11) is 0. The maximum atomic E-state index is 13.1. The van der Waals surface area contributed by atoms with E-state index in [1.165, 1.54) is 11.0 Å². The number of amides is 3. The quantitative estimate of drug-likeness (QED) is 0.571. The lowest BCUT2D eigenvalue weighted by molar-refractivity contribution is -0.133. The van der Waals surface area contributed by atoms with Crippen molar-refractivity contribution in [3.63, 3.8) is 0 Å². The third-order valence-electron chi connectivity index (χ3n) is 6.93. The molecule has 2 N–H and O–H groups in total. The number of nitrogens with zero attached hydrogens (tertiary/aromatic N) is 1. The Morgan fingerprint density at radius 3 is 2.44 bits per heavy atom. The van der Waals surface area contributed by atoms with Crippen LogP contribution in [0.3, 0.4) is 0 Å². The number of aryl methyl sites for hydroxylation is 1. The molecule has 0 spiro atoms. The molecule has 2 heterocycles. The molecule has 0 radical (unpaired) electrons. The van der Waals surface area contributed by atoms with Gasteiger partial charge in [0, 0.05) is 16.8 Å². The first-order chi connectivity index (χ1) is 15.3. The maximum absolute atomic E-state index is 13.1. The van der Waals surface area contributed by atoms with Gasteiger partial charge in [-0.2, -0.15) is 0 Å². The summed E-state index contributed by atoms with van der Waals surface area (Å²) in [4.78, 5) is 52.6. The van der Waals surface area contributed by atoms with E-state index in [1.54, 1.807) is 30.3 Å². The Morgan fingerprint density at radius 1 is 1.06 bits per heavy atom. The topological polar surface area (TPSA) is 104 Å². The minimum atomic E-state index is -1.97. The van der Waals surface area contributed by atoms with E-state index >= 15 is 0 Å². The Balaban J connectivity index is 1.43. The summed E-state index contributed by atoms with van der Waals surface area (Å²) in [6.07, 6.45) is 2.87. The number of carbonyl (C=O) groups is 4. The van der Waals surface area contributed by atoms with Gasteiger partial charge in [0.25, 0.3) is 5.91 Å². The minimum Gasteiger partial charge on any atom is -0.375 e. The minimum absolute atomic E-state index is 0.206. The Hall–Kier alpha value is -3.32. The van der Waals surface area contributed by atoms with Gasteiger partial charge in [-0.1, -0.05) is 42.7 Å². The molecule has 164 valence electrons. The average molecular weight is 432 g/mol. The number of Topliss-reactive ketones (excluding diaryl/α,β-unsaturated/α-hetero) is 1. The van der Waals surface area contributed by atoms with Crippen LogP contribution in [-0.4, -0.2) is 28.6 Å². The summed E-state index contributed by atoms with van der Waals surface area (Å²) < 4.78 is 0. The smallest absolute Gasteiger partial charge is 0.261 e. The van der Waals surface area contributed by atoms with E-state index in [0.29, 0.717) is 29.8 Å². The van der Waals surface area contributed by atoms with E-state index < -0.39 is 23.7 Å². The van der Waals surface area contributed by atoms with Crippen LogP contribution in [0, 0.1) is 18.8 Å². The summed E-state index contributed by atoms with van der Waals surface area (Å²) in [6, 6.07) is 11.5. The first-order valence-corrected chi connectivity index (χ1v) is 11.0. The zero-order valence-corrected chi connectivity index (χ0v) is 17.8. The second-order valence-corrected chi connectivity index (χ2v) is 9.02. The van der Waals surface area contributed by atoms with Gasteiger partial charge < -0.3 is 10.4 Å². The van der Waals surface area contributed by atoms with Gasteiger partial charge in [-0.05, 0) is 38.0 Å². The number of fused-ring (bicyclic) bond motifs is 2. The monoisotopic (exact) mass is 432 g/mol. The number of hydrogen-bond acceptors (Lipinski definition) is 5. The number of anilines is 2. The second-order valence-electron chi connectivity index (χ2n) is 9.02. The third-order valence-corrected chi connectivity index (χ3v) is 6.93. The van der Waals surface area contributed by atoms with Crippen molar-refractivity contribution in [3.8, 4) is 0 Å². The Kier molecular flexibility index (Phi) is 4.74. The molecule has 2 aliphatic heterocycles. The molecule has 5 rings (SSSR count). The molecule has 1 aliphatic carbocycles. The van der Waals surface area contributed by atoms with Crippen LogP contribution in [0.2, 0.25) is 0 Å². The van der Waals surface area contributed by atoms with Crippen LogP contribution in [0.15, 0.2) is 42.5 Å². The number of nitrogens with one attached hydrogen (secondary N) is 1. The van der Waals surface area contributed by atoms with E-state index in [-0.39, 0.29) is 29.2 Å². The van der Waals surface area contributed by atoms with Crippen LogP contribution >= 0.6 is 0 Å². The Morgan fingerprint density at radius 2 is 1.75 bits per heavy atom. The summed E-state index contributed by atoms with van der Waals surface area (Å²) in [5.41, 5.74) is 0.352. The van der Waals surface area contributed by atoms with Crippen molar-refractivity contribution in [3.05, 3.63) is 59.2 Å². The van der Waals surface area contributed by atoms with E-state index in [2.05, 4.69) is 5.32 Å². The van der Waals surface area contributed by atoms with Gasteiger partial charge in [-0.25, -0.2) is 0 Å². The average Bonchev–Trinajstić information content (AvgIpc) is 3.18. The maximum Gasteiger partial charge on any atom is 0.261 e. The van der Waals surface area contributed by atoms with Gasteiger partial charge in [-0.15, -0.1) is 0 Å². The zero-order valence-electron chi connectivity index (χ0n) is 17.8. The molecule has 1 saturated carbocycles. The fraction of sp³-hybridized carbons (Fsp3) is 0.360. The van der Waals surface area contributed by atoms with Crippen molar-refractivity contribution in [2.75, 3.05) is 10.2 Å².